The van der Waals surface area contributed by atoms with Crippen molar-refractivity contribution in [2.24, 2.45) is 0 Å². The van der Waals surface area contributed by atoms with Crippen molar-refractivity contribution in [1.82, 2.24) is 10.2 Å². The van der Waals surface area contributed by atoms with Gasteiger partial charge in [-0.2, -0.15) is 13.2 Å². The predicted octanol–water partition coefficient (Wildman–Crippen LogP) is 3.94. The fourth-order valence-electron chi connectivity index (χ4n) is 2.75. The van der Waals surface area contributed by atoms with E-state index in [-0.39, 0.29) is 6.04 Å². The summed E-state index contributed by atoms with van der Waals surface area (Å²) in [6.45, 7) is 2.15. The molecule has 1 aromatic carbocycles. The van der Waals surface area contributed by atoms with Crippen LogP contribution in [0.5, 0.6) is 0 Å². The molecule has 1 saturated heterocycles. The second-order valence-electron chi connectivity index (χ2n) is 5.73. The Morgan fingerprint density at radius 3 is 2.39 bits per heavy atom. The van der Waals surface area contributed by atoms with E-state index in [9.17, 15) is 18.0 Å². The minimum absolute atomic E-state index is 0.0374. The normalized spacial score (nSPS) is 17.2. The van der Waals surface area contributed by atoms with Gasteiger partial charge in [-0.1, -0.05) is 23.7 Å². The summed E-state index contributed by atoms with van der Waals surface area (Å²) < 4.78 is 36.5. The maximum atomic E-state index is 12.2. The van der Waals surface area contributed by atoms with Crippen LogP contribution in [0.2, 0.25) is 5.02 Å². The van der Waals surface area contributed by atoms with Gasteiger partial charge in [-0.25, -0.2) is 0 Å². The maximum absolute atomic E-state index is 12.2. The third kappa shape index (κ3) is 6.03. The second-order valence-corrected chi connectivity index (χ2v) is 6.17. The number of halogens is 4. The van der Waals surface area contributed by atoms with Crippen LogP contribution in [0.25, 0.3) is 0 Å². The molecule has 1 atom stereocenters. The van der Waals surface area contributed by atoms with E-state index in [2.05, 4.69) is 10.2 Å². The quantitative estimate of drug-likeness (QED) is 0.844. The first-order valence-electron chi connectivity index (χ1n) is 7.68. The molecule has 0 radical (unpaired) electrons. The van der Waals surface area contributed by atoms with Crippen LogP contribution in [0.15, 0.2) is 24.3 Å². The zero-order valence-corrected chi connectivity index (χ0v) is 13.5. The number of amides is 1. The number of nitrogens with zero attached hydrogens (tertiary/aromatic N) is 1. The maximum Gasteiger partial charge on any atom is 0.389 e. The zero-order valence-electron chi connectivity index (χ0n) is 12.7. The molecule has 7 heteroatoms. The molecule has 1 N–H and O–H groups in total. The Labute approximate surface area is 138 Å². The summed E-state index contributed by atoms with van der Waals surface area (Å²) in [6, 6.07) is 7.32. The number of likely N-dealkylation sites (tertiary alicyclic amines) is 1. The molecular formula is C16H20ClF3N2O. The molecule has 1 aliphatic heterocycles. The molecule has 0 aromatic heterocycles. The molecule has 1 heterocycles. The van der Waals surface area contributed by atoms with Gasteiger partial charge in [0.05, 0.1) is 12.5 Å². The fraction of sp³-hybridized carbons (Fsp3) is 0.562. The molecular weight excluding hydrogens is 329 g/mol. The van der Waals surface area contributed by atoms with Crippen LogP contribution in [0.4, 0.5) is 13.2 Å². The Balaban J connectivity index is 1.95. The fourth-order valence-corrected chi connectivity index (χ4v) is 2.88. The molecule has 23 heavy (non-hydrogen) atoms. The van der Waals surface area contributed by atoms with E-state index in [4.69, 9.17) is 11.6 Å². The highest BCUT2D eigenvalue weighted by Gasteiger charge is 2.28. The van der Waals surface area contributed by atoms with E-state index in [1.54, 1.807) is 12.1 Å². The van der Waals surface area contributed by atoms with Crippen molar-refractivity contribution in [2.75, 3.05) is 19.6 Å². The van der Waals surface area contributed by atoms with E-state index >= 15 is 0 Å². The molecule has 1 aromatic rings. The Morgan fingerprint density at radius 1 is 1.22 bits per heavy atom. The summed E-state index contributed by atoms with van der Waals surface area (Å²) in [5, 5.41) is 3.26. The molecule has 0 spiro atoms. The van der Waals surface area contributed by atoms with E-state index in [1.807, 2.05) is 12.1 Å². The monoisotopic (exact) mass is 348 g/mol. The molecule has 1 amide bonds. The molecule has 1 fully saturated rings. The molecule has 128 valence electrons. The van der Waals surface area contributed by atoms with Gasteiger partial charge in [0.1, 0.15) is 0 Å². The number of rotatable bonds is 6. The van der Waals surface area contributed by atoms with Crippen LogP contribution in [0.3, 0.4) is 0 Å². The van der Waals surface area contributed by atoms with Crippen LogP contribution in [0.1, 0.15) is 37.3 Å². The first kappa shape index (κ1) is 18.1. The summed E-state index contributed by atoms with van der Waals surface area (Å²) >= 11 is 5.90. The molecule has 2 rings (SSSR count). The standard InChI is InChI=1S/C16H20ClF3N2O/c17-13-5-3-12(4-6-13)14(22-9-1-2-10-22)11-21-15(23)7-8-16(18,19)20/h3-6,14H,1-2,7-11H2,(H,21,23). The average Bonchev–Trinajstić information content (AvgIpc) is 3.00. The summed E-state index contributed by atoms with van der Waals surface area (Å²) in [7, 11) is 0. The van der Waals surface area contributed by atoms with Gasteiger partial charge < -0.3 is 5.32 Å². The lowest BCUT2D eigenvalue weighted by Crippen LogP contribution is -2.37. The Hall–Kier alpha value is -1.27. The van der Waals surface area contributed by atoms with Gasteiger partial charge in [0.2, 0.25) is 5.91 Å². The van der Waals surface area contributed by atoms with Crippen LogP contribution >= 0.6 is 11.6 Å². The van der Waals surface area contributed by atoms with Crippen molar-refractivity contribution in [3.8, 4) is 0 Å². The summed E-state index contributed by atoms with van der Waals surface area (Å²) in [5.41, 5.74) is 1.01. The lowest BCUT2D eigenvalue weighted by Gasteiger charge is -2.28. The van der Waals surface area contributed by atoms with Gasteiger partial charge in [-0.05, 0) is 43.6 Å². The third-order valence-corrected chi connectivity index (χ3v) is 4.22. The van der Waals surface area contributed by atoms with Gasteiger partial charge in [0, 0.05) is 18.0 Å². The third-order valence-electron chi connectivity index (χ3n) is 3.96. The Kier molecular flexibility index (Phi) is 6.30. The smallest absolute Gasteiger partial charge is 0.354 e. The second kappa shape index (κ2) is 8.02. The first-order valence-corrected chi connectivity index (χ1v) is 8.06. The highest BCUT2D eigenvalue weighted by atomic mass is 35.5. The van der Waals surface area contributed by atoms with E-state index < -0.39 is 24.9 Å². The summed E-state index contributed by atoms with van der Waals surface area (Å²) in [4.78, 5) is 13.9. The van der Waals surface area contributed by atoms with Crippen molar-refractivity contribution >= 4 is 17.5 Å². The van der Waals surface area contributed by atoms with Crippen LogP contribution < -0.4 is 5.32 Å². The molecule has 3 nitrogen and oxygen atoms in total. The SMILES string of the molecule is O=C(CCC(F)(F)F)NCC(c1ccc(Cl)cc1)N1CCCC1. The minimum Gasteiger partial charge on any atom is -0.354 e. The minimum atomic E-state index is -4.30. The van der Waals surface area contributed by atoms with E-state index in [0.717, 1.165) is 31.5 Å². The van der Waals surface area contributed by atoms with Gasteiger partial charge in [-0.15, -0.1) is 0 Å². The number of carbonyl (C=O) groups excluding carboxylic acids is 1. The summed E-state index contributed by atoms with van der Waals surface area (Å²) in [5.74, 6) is -0.569. The lowest BCUT2D eigenvalue weighted by atomic mass is 10.1. The van der Waals surface area contributed by atoms with Gasteiger partial charge in [0.15, 0.2) is 0 Å². The van der Waals surface area contributed by atoms with Gasteiger partial charge >= 0.3 is 6.18 Å². The molecule has 1 unspecified atom stereocenters. The van der Waals surface area contributed by atoms with Crippen molar-refractivity contribution in [3.05, 3.63) is 34.9 Å². The molecule has 0 aliphatic carbocycles. The number of carbonyl (C=O) groups is 1. The van der Waals surface area contributed by atoms with Crippen molar-refractivity contribution in [1.29, 1.82) is 0 Å². The van der Waals surface area contributed by atoms with Gasteiger partial charge in [0.25, 0.3) is 0 Å². The van der Waals surface area contributed by atoms with Crippen molar-refractivity contribution < 1.29 is 18.0 Å². The first-order chi connectivity index (χ1) is 10.8. The van der Waals surface area contributed by atoms with Crippen molar-refractivity contribution in [3.63, 3.8) is 0 Å². The molecule has 0 saturated carbocycles. The molecule has 1 aliphatic rings. The lowest BCUT2D eigenvalue weighted by molar-refractivity contribution is -0.144. The van der Waals surface area contributed by atoms with Crippen molar-refractivity contribution in [2.45, 2.75) is 37.9 Å². The largest absolute Gasteiger partial charge is 0.389 e. The van der Waals surface area contributed by atoms with Gasteiger partial charge in [-0.3, -0.25) is 9.69 Å². The topological polar surface area (TPSA) is 32.3 Å². The number of nitrogens with one attached hydrogen (secondary N) is 1. The average molecular weight is 349 g/mol. The van der Waals surface area contributed by atoms with E-state index in [0.29, 0.717) is 11.6 Å². The summed E-state index contributed by atoms with van der Waals surface area (Å²) in [6.07, 6.45) is -3.74. The van der Waals surface area contributed by atoms with E-state index in [1.165, 1.54) is 0 Å². The van der Waals surface area contributed by atoms with Crippen LogP contribution in [-0.4, -0.2) is 36.6 Å². The van der Waals surface area contributed by atoms with Crippen LogP contribution in [0, 0.1) is 0 Å². The van der Waals surface area contributed by atoms with Crippen LogP contribution in [-0.2, 0) is 4.79 Å². The highest BCUT2D eigenvalue weighted by molar-refractivity contribution is 6.30. The Bertz CT molecular complexity index is 513. The number of hydrogen-bond donors (Lipinski definition) is 1. The Morgan fingerprint density at radius 2 is 1.83 bits per heavy atom. The highest BCUT2D eigenvalue weighted by Crippen LogP contribution is 2.26. The predicted molar refractivity (Wildman–Crippen MR) is 83.3 cm³/mol. The zero-order chi connectivity index (χ0) is 16.9. The number of hydrogen-bond acceptors (Lipinski definition) is 2. The molecule has 0 bridgehead atoms. The number of alkyl halides is 3. The number of benzene rings is 1.